The van der Waals surface area contributed by atoms with Gasteiger partial charge in [-0.1, -0.05) is 23.7 Å². The number of carboxylic acids is 1. The first kappa shape index (κ1) is 15.9. The number of thioether (sulfide) groups is 1. The summed E-state index contributed by atoms with van der Waals surface area (Å²) in [7, 11) is 0. The molecule has 1 aromatic rings. The van der Waals surface area contributed by atoms with E-state index < -0.39 is 29.2 Å². The minimum Gasteiger partial charge on any atom is -0.477 e. The van der Waals surface area contributed by atoms with Crippen LogP contribution in [0.3, 0.4) is 0 Å². The number of carbonyl (C=O) groups is 3. The normalized spacial score (nSPS) is 23.2. The first-order chi connectivity index (χ1) is 10.9. The van der Waals surface area contributed by atoms with Gasteiger partial charge in [0.2, 0.25) is 0 Å². The maximum absolute atomic E-state index is 12.3. The Morgan fingerprint density at radius 3 is 2.74 bits per heavy atom. The molecular formula is C15H13ClN2O4S. The molecule has 2 aliphatic rings. The number of amides is 2. The average Bonchev–Trinajstić information content (AvgIpc) is 2.52. The average molecular weight is 353 g/mol. The maximum atomic E-state index is 12.3. The van der Waals surface area contributed by atoms with Crippen molar-refractivity contribution in [3.05, 3.63) is 46.1 Å². The summed E-state index contributed by atoms with van der Waals surface area (Å²) < 4.78 is 0. The molecule has 0 unspecified atom stereocenters. The van der Waals surface area contributed by atoms with Gasteiger partial charge in [-0.05, 0) is 24.6 Å². The highest BCUT2D eigenvalue weighted by Crippen LogP contribution is 2.40. The molecule has 0 aliphatic carbocycles. The Morgan fingerprint density at radius 1 is 1.39 bits per heavy atom. The van der Waals surface area contributed by atoms with Gasteiger partial charge in [0.15, 0.2) is 0 Å². The summed E-state index contributed by atoms with van der Waals surface area (Å²) in [6, 6.07) is 5.80. The van der Waals surface area contributed by atoms with Crippen LogP contribution in [0, 0.1) is 0 Å². The van der Waals surface area contributed by atoms with Crippen LogP contribution in [-0.2, 0) is 9.59 Å². The van der Waals surface area contributed by atoms with Gasteiger partial charge in [0.25, 0.3) is 11.8 Å². The Morgan fingerprint density at radius 2 is 2.09 bits per heavy atom. The van der Waals surface area contributed by atoms with E-state index in [1.807, 2.05) is 0 Å². The van der Waals surface area contributed by atoms with E-state index in [-0.39, 0.29) is 11.3 Å². The van der Waals surface area contributed by atoms with Crippen LogP contribution in [0.25, 0.3) is 0 Å². The molecule has 2 atom stereocenters. The van der Waals surface area contributed by atoms with Crippen molar-refractivity contribution in [3.63, 3.8) is 0 Å². The Bertz CT molecular complexity index is 749. The molecule has 23 heavy (non-hydrogen) atoms. The molecule has 120 valence electrons. The van der Waals surface area contributed by atoms with Gasteiger partial charge in [-0.25, -0.2) is 4.79 Å². The van der Waals surface area contributed by atoms with Crippen molar-refractivity contribution >= 4 is 41.1 Å². The van der Waals surface area contributed by atoms with Gasteiger partial charge in [0.05, 0.1) is 10.6 Å². The molecule has 2 amide bonds. The Kier molecular flexibility index (Phi) is 4.08. The molecule has 8 heteroatoms. The standard InChI is InChI=1S/C15H13ClN2O4S/c1-7-6-23-14-10(13(20)18(14)11(7)15(21)22)17-12(19)8-4-2-3-5-9(8)16/h2-5,10,14H,6H2,1H3,(H,17,19)(H,21,22)/t10-,14-/m0/s1. The van der Waals surface area contributed by atoms with Gasteiger partial charge in [0, 0.05) is 5.75 Å². The van der Waals surface area contributed by atoms with Crippen molar-refractivity contribution in [1.29, 1.82) is 0 Å². The lowest BCUT2D eigenvalue weighted by atomic mass is 10.0. The van der Waals surface area contributed by atoms with Gasteiger partial charge < -0.3 is 10.4 Å². The van der Waals surface area contributed by atoms with Gasteiger partial charge in [0.1, 0.15) is 17.1 Å². The van der Waals surface area contributed by atoms with Crippen molar-refractivity contribution in [3.8, 4) is 0 Å². The lowest BCUT2D eigenvalue weighted by Gasteiger charge is -2.49. The topological polar surface area (TPSA) is 86.7 Å². The molecule has 0 saturated carbocycles. The summed E-state index contributed by atoms with van der Waals surface area (Å²) >= 11 is 7.41. The number of rotatable bonds is 3. The van der Waals surface area contributed by atoms with E-state index in [1.165, 1.54) is 16.7 Å². The third kappa shape index (κ3) is 2.60. The summed E-state index contributed by atoms with van der Waals surface area (Å²) in [4.78, 5) is 37.1. The summed E-state index contributed by atoms with van der Waals surface area (Å²) in [6.45, 7) is 1.69. The third-order valence-corrected chi connectivity index (χ3v) is 5.52. The fourth-order valence-corrected chi connectivity index (χ4v) is 4.15. The molecular weight excluding hydrogens is 340 g/mol. The van der Waals surface area contributed by atoms with E-state index in [2.05, 4.69) is 5.32 Å². The van der Waals surface area contributed by atoms with Crippen molar-refractivity contribution in [1.82, 2.24) is 10.2 Å². The summed E-state index contributed by atoms with van der Waals surface area (Å²) in [5.74, 6) is -1.48. The van der Waals surface area contributed by atoms with Crippen LogP contribution in [0.1, 0.15) is 17.3 Å². The van der Waals surface area contributed by atoms with E-state index in [4.69, 9.17) is 11.6 Å². The van der Waals surface area contributed by atoms with Crippen LogP contribution in [0.15, 0.2) is 35.5 Å². The quantitative estimate of drug-likeness (QED) is 0.809. The first-order valence-corrected chi connectivity index (χ1v) is 8.27. The van der Waals surface area contributed by atoms with Crippen molar-refractivity contribution in [2.24, 2.45) is 0 Å². The highest BCUT2D eigenvalue weighted by atomic mass is 35.5. The maximum Gasteiger partial charge on any atom is 0.352 e. The monoisotopic (exact) mass is 352 g/mol. The number of aliphatic carboxylic acids is 1. The predicted molar refractivity (Wildman–Crippen MR) is 86.1 cm³/mol. The number of hydrogen-bond donors (Lipinski definition) is 2. The SMILES string of the molecule is CC1=C(C(=O)O)N2C(=O)[C@H](NC(=O)c3ccccc3Cl)[C@@H]2SC1. The number of carboxylic acid groups (broad SMARTS) is 1. The zero-order chi connectivity index (χ0) is 16.7. The zero-order valence-electron chi connectivity index (χ0n) is 12.1. The second-order valence-electron chi connectivity index (χ2n) is 5.27. The van der Waals surface area contributed by atoms with Crippen molar-refractivity contribution < 1.29 is 19.5 Å². The van der Waals surface area contributed by atoms with Gasteiger partial charge in [-0.3, -0.25) is 14.5 Å². The molecule has 0 radical (unpaired) electrons. The number of hydrogen-bond acceptors (Lipinski definition) is 4. The molecule has 0 spiro atoms. The minimum absolute atomic E-state index is 0.0157. The molecule has 1 fully saturated rings. The number of nitrogens with one attached hydrogen (secondary N) is 1. The number of β-lactam (4-membered cyclic amide) rings is 1. The largest absolute Gasteiger partial charge is 0.477 e. The number of halogens is 1. The van der Waals surface area contributed by atoms with Crippen LogP contribution in [0.2, 0.25) is 5.02 Å². The predicted octanol–water partition coefficient (Wildman–Crippen LogP) is 1.71. The third-order valence-electron chi connectivity index (χ3n) is 3.77. The fraction of sp³-hybridized carbons (Fsp3) is 0.267. The van der Waals surface area contributed by atoms with Crippen LogP contribution < -0.4 is 5.32 Å². The smallest absolute Gasteiger partial charge is 0.352 e. The van der Waals surface area contributed by atoms with Crippen LogP contribution >= 0.6 is 23.4 Å². The molecule has 1 aromatic carbocycles. The Balaban J connectivity index is 1.78. The Labute approximate surface area is 141 Å². The molecule has 2 N–H and O–H groups in total. The fourth-order valence-electron chi connectivity index (χ4n) is 2.64. The lowest BCUT2D eigenvalue weighted by Crippen LogP contribution is -2.70. The molecule has 0 bridgehead atoms. The van der Waals surface area contributed by atoms with Crippen LogP contribution in [0.5, 0.6) is 0 Å². The van der Waals surface area contributed by atoms with Crippen molar-refractivity contribution in [2.45, 2.75) is 18.3 Å². The van der Waals surface area contributed by atoms with E-state index >= 15 is 0 Å². The molecule has 0 aromatic heterocycles. The molecule has 6 nitrogen and oxygen atoms in total. The van der Waals surface area contributed by atoms with E-state index in [9.17, 15) is 19.5 Å². The minimum atomic E-state index is -1.13. The van der Waals surface area contributed by atoms with Gasteiger partial charge >= 0.3 is 5.97 Å². The number of benzene rings is 1. The number of fused-ring (bicyclic) bond motifs is 1. The van der Waals surface area contributed by atoms with Crippen LogP contribution in [0.4, 0.5) is 0 Å². The number of carbonyl (C=O) groups excluding carboxylic acids is 2. The first-order valence-electron chi connectivity index (χ1n) is 6.85. The van der Waals surface area contributed by atoms with E-state index in [1.54, 1.807) is 31.2 Å². The highest BCUT2D eigenvalue weighted by Gasteiger charge is 2.53. The van der Waals surface area contributed by atoms with Crippen LogP contribution in [-0.4, -0.2) is 45.0 Å². The van der Waals surface area contributed by atoms with E-state index in [0.717, 1.165) is 0 Å². The van der Waals surface area contributed by atoms with Gasteiger partial charge in [-0.15, -0.1) is 11.8 Å². The van der Waals surface area contributed by atoms with Crippen molar-refractivity contribution in [2.75, 3.05) is 5.75 Å². The molecule has 2 aliphatic heterocycles. The Hall–Kier alpha value is -1.99. The summed E-state index contributed by atoms with van der Waals surface area (Å²) in [5.41, 5.74) is 0.941. The number of nitrogens with zero attached hydrogens (tertiary/aromatic N) is 1. The molecule has 1 saturated heterocycles. The zero-order valence-corrected chi connectivity index (χ0v) is 13.6. The second-order valence-corrected chi connectivity index (χ2v) is 6.79. The van der Waals surface area contributed by atoms with Gasteiger partial charge in [-0.2, -0.15) is 0 Å². The second kappa shape index (κ2) is 5.90. The lowest BCUT2D eigenvalue weighted by molar-refractivity contribution is -0.148. The highest BCUT2D eigenvalue weighted by molar-refractivity contribution is 8.00. The molecule has 3 rings (SSSR count). The van der Waals surface area contributed by atoms with E-state index in [0.29, 0.717) is 16.3 Å². The summed E-state index contributed by atoms with van der Waals surface area (Å²) in [5, 5.41) is 11.8. The molecule has 2 heterocycles. The summed E-state index contributed by atoms with van der Waals surface area (Å²) in [6.07, 6.45) is 0.